The van der Waals surface area contributed by atoms with Crippen molar-refractivity contribution in [3.05, 3.63) is 102 Å². The zero-order valence-corrected chi connectivity index (χ0v) is 18.9. The number of carbonyl (C=O) groups excluding carboxylic acids is 1. The smallest absolute Gasteiger partial charge is 0.185 e. The number of anilines is 2. The van der Waals surface area contributed by atoms with Crippen molar-refractivity contribution in [2.45, 2.75) is 20.5 Å². The van der Waals surface area contributed by atoms with E-state index in [4.69, 9.17) is 9.15 Å². The van der Waals surface area contributed by atoms with Crippen LogP contribution >= 0.6 is 0 Å². The molecular formula is C28H23N3O3. The van der Waals surface area contributed by atoms with E-state index in [2.05, 4.69) is 40.4 Å². The number of hydrogen-bond acceptors (Lipinski definition) is 6. The maximum atomic E-state index is 11.0. The van der Waals surface area contributed by atoms with Gasteiger partial charge in [0.1, 0.15) is 30.3 Å². The molecule has 0 bridgehead atoms. The summed E-state index contributed by atoms with van der Waals surface area (Å²) in [6, 6.07) is 23.5. The van der Waals surface area contributed by atoms with Crippen LogP contribution in [0.5, 0.6) is 5.75 Å². The van der Waals surface area contributed by atoms with Crippen LogP contribution in [0.4, 0.5) is 11.5 Å². The summed E-state index contributed by atoms with van der Waals surface area (Å²) >= 11 is 0. The molecule has 34 heavy (non-hydrogen) atoms. The van der Waals surface area contributed by atoms with Gasteiger partial charge in [0.25, 0.3) is 0 Å². The normalized spacial score (nSPS) is 10.9. The van der Waals surface area contributed by atoms with Gasteiger partial charge in [0.2, 0.25) is 0 Å². The van der Waals surface area contributed by atoms with Crippen LogP contribution in [-0.4, -0.2) is 16.3 Å². The molecular weight excluding hydrogens is 426 g/mol. The number of aryl methyl sites for hydroxylation is 2. The molecule has 3 aromatic carbocycles. The van der Waals surface area contributed by atoms with Gasteiger partial charge in [-0.05, 0) is 73.5 Å². The van der Waals surface area contributed by atoms with Crippen LogP contribution in [0.25, 0.3) is 22.2 Å². The second-order valence-electron chi connectivity index (χ2n) is 8.16. The lowest BCUT2D eigenvalue weighted by atomic mass is 10.1. The fourth-order valence-corrected chi connectivity index (χ4v) is 3.87. The van der Waals surface area contributed by atoms with Crippen molar-refractivity contribution >= 4 is 28.7 Å². The van der Waals surface area contributed by atoms with E-state index in [1.807, 2.05) is 49.4 Å². The number of furan rings is 1. The highest BCUT2D eigenvalue weighted by Crippen LogP contribution is 2.31. The van der Waals surface area contributed by atoms with Crippen LogP contribution < -0.4 is 10.1 Å². The number of nitrogens with zero attached hydrogens (tertiary/aromatic N) is 2. The average molecular weight is 450 g/mol. The highest BCUT2D eigenvalue weighted by Gasteiger charge is 2.10. The van der Waals surface area contributed by atoms with E-state index in [1.165, 1.54) is 11.9 Å². The van der Waals surface area contributed by atoms with Crippen molar-refractivity contribution in [1.29, 1.82) is 0 Å². The summed E-state index contributed by atoms with van der Waals surface area (Å²) in [5.41, 5.74) is 5.92. The van der Waals surface area contributed by atoms with E-state index in [1.54, 1.807) is 12.1 Å². The van der Waals surface area contributed by atoms with E-state index in [0.717, 1.165) is 39.0 Å². The van der Waals surface area contributed by atoms with Crippen molar-refractivity contribution in [3.63, 3.8) is 0 Å². The molecule has 0 aliphatic rings. The molecule has 0 amide bonds. The Morgan fingerprint density at radius 2 is 1.88 bits per heavy atom. The third-order valence-corrected chi connectivity index (χ3v) is 5.58. The minimum absolute atomic E-state index is 0.290. The number of rotatable bonds is 7. The van der Waals surface area contributed by atoms with Gasteiger partial charge in [-0.25, -0.2) is 9.97 Å². The lowest BCUT2D eigenvalue weighted by Gasteiger charge is -2.13. The van der Waals surface area contributed by atoms with Crippen LogP contribution in [0.2, 0.25) is 0 Å². The number of nitrogens with one attached hydrogen (secondary N) is 1. The molecule has 6 heteroatoms. The number of benzene rings is 3. The van der Waals surface area contributed by atoms with Crippen LogP contribution in [-0.2, 0) is 6.61 Å². The van der Waals surface area contributed by atoms with E-state index in [0.29, 0.717) is 24.5 Å². The third kappa shape index (κ3) is 4.52. The van der Waals surface area contributed by atoms with Gasteiger partial charge in [-0.15, -0.1) is 0 Å². The SMILES string of the molecule is Cc1cccc(COc2ccc(Nc3ncnc4ccc(-c5ccc(C=O)o5)cc34)cc2C)c1. The average Bonchev–Trinajstić information content (AvgIpc) is 3.33. The number of carbonyl (C=O) groups is 1. The van der Waals surface area contributed by atoms with Crippen molar-refractivity contribution in [2.24, 2.45) is 0 Å². The molecule has 0 radical (unpaired) electrons. The predicted molar refractivity (Wildman–Crippen MR) is 133 cm³/mol. The highest BCUT2D eigenvalue weighted by atomic mass is 16.5. The number of aromatic nitrogens is 2. The van der Waals surface area contributed by atoms with E-state index < -0.39 is 0 Å². The minimum atomic E-state index is 0.290. The molecule has 0 unspecified atom stereocenters. The number of hydrogen-bond donors (Lipinski definition) is 1. The van der Waals surface area contributed by atoms with Gasteiger partial charge >= 0.3 is 0 Å². The Hall–Kier alpha value is -4.45. The van der Waals surface area contributed by atoms with Gasteiger partial charge < -0.3 is 14.5 Å². The van der Waals surface area contributed by atoms with Gasteiger partial charge in [-0.2, -0.15) is 0 Å². The van der Waals surface area contributed by atoms with Crippen LogP contribution in [0.1, 0.15) is 27.2 Å². The Kier molecular flexibility index (Phi) is 5.79. The van der Waals surface area contributed by atoms with Gasteiger partial charge in [0.15, 0.2) is 12.0 Å². The number of fused-ring (bicyclic) bond motifs is 1. The summed E-state index contributed by atoms with van der Waals surface area (Å²) in [6.07, 6.45) is 2.23. The lowest BCUT2D eigenvalue weighted by molar-refractivity contribution is 0.110. The summed E-state index contributed by atoms with van der Waals surface area (Å²) in [5, 5.41) is 4.25. The predicted octanol–water partition coefficient (Wildman–Crippen LogP) is 6.64. The standard InChI is InChI=1S/C28H23N3O3/c1-18-4-3-5-20(12-18)16-33-26-10-7-22(13-19(26)2)31-28-24-14-21(6-9-25(24)29-17-30-28)27-11-8-23(15-32)34-27/h3-15,17H,16H2,1-2H3,(H,29,30,31). The maximum Gasteiger partial charge on any atom is 0.185 e. The molecule has 5 rings (SSSR count). The molecule has 0 spiro atoms. The zero-order chi connectivity index (χ0) is 23.5. The fraction of sp³-hybridized carbons (Fsp3) is 0.107. The first-order valence-electron chi connectivity index (χ1n) is 11.0. The monoisotopic (exact) mass is 449 g/mol. The Morgan fingerprint density at radius 3 is 2.68 bits per heavy atom. The summed E-state index contributed by atoms with van der Waals surface area (Å²) in [6.45, 7) is 4.62. The van der Waals surface area contributed by atoms with Crippen molar-refractivity contribution in [3.8, 4) is 17.1 Å². The van der Waals surface area contributed by atoms with Gasteiger partial charge in [-0.1, -0.05) is 29.8 Å². The molecule has 0 aliphatic heterocycles. The van der Waals surface area contributed by atoms with Crippen molar-refractivity contribution in [2.75, 3.05) is 5.32 Å². The molecule has 0 atom stereocenters. The summed E-state index contributed by atoms with van der Waals surface area (Å²) in [7, 11) is 0. The van der Waals surface area contributed by atoms with Crippen LogP contribution in [0.15, 0.2) is 83.5 Å². The van der Waals surface area contributed by atoms with Crippen molar-refractivity contribution < 1.29 is 13.9 Å². The first-order chi connectivity index (χ1) is 16.6. The second-order valence-corrected chi connectivity index (χ2v) is 8.16. The molecule has 1 N–H and O–H groups in total. The molecule has 168 valence electrons. The number of ether oxygens (including phenoxy) is 1. The molecule has 0 saturated carbocycles. The molecule has 6 nitrogen and oxygen atoms in total. The fourth-order valence-electron chi connectivity index (χ4n) is 3.87. The summed E-state index contributed by atoms with van der Waals surface area (Å²) < 4.78 is 11.6. The first kappa shape index (κ1) is 21.4. The first-order valence-corrected chi connectivity index (χ1v) is 11.0. The van der Waals surface area contributed by atoms with Gasteiger partial charge in [0.05, 0.1) is 5.52 Å². The van der Waals surface area contributed by atoms with Crippen LogP contribution in [0, 0.1) is 13.8 Å². The molecule has 5 aromatic rings. The minimum Gasteiger partial charge on any atom is -0.489 e. The topological polar surface area (TPSA) is 77.2 Å². The number of aldehydes is 1. The molecule has 2 aromatic heterocycles. The summed E-state index contributed by atoms with van der Waals surface area (Å²) in [5.74, 6) is 2.43. The van der Waals surface area contributed by atoms with Gasteiger partial charge in [0, 0.05) is 16.6 Å². The van der Waals surface area contributed by atoms with E-state index in [-0.39, 0.29) is 5.76 Å². The van der Waals surface area contributed by atoms with Crippen molar-refractivity contribution in [1.82, 2.24) is 9.97 Å². The van der Waals surface area contributed by atoms with E-state index in [9.17, 15) is 4.79 Å². The molecule has 0 fully saturated rings. The Morgan fingerprint density at radius 1 is 0.971 bits per heavy atom. The highest BCUT2D eigenvalue weighted by molar-refractivity contribution is 5.93. The molecule has 0 aliphatic carbocycles. The largest absolute Gasteiger partial charge is 0.489 e. The second kappa shape index (κ2) is 9.19. The van der Waals surface area contributed by atoms with E-state index >= 15 is 0 Å². The summed E-state index contributed by atoms with van der Waals surface area (Å²) in [4.78, 5) is 19.8. The third-order valence-electron chi connectivity index (χ3n) is 5.58. The molecule has 2 heterocycles. The Labute approximate surface area is 197 Å². The Balaban J connectivity index is 1.38. The maximum absolute atomic E-state index is 11.0. The zero-order valence-electron chi connectivity index (χ0n) is 18.9. The van der Waals surface area contributed by atoms with Crippen LogP contribution in [0.3, 0.4) is 0 Å². The Bertz CT molecular complexity index is 1490. The lowest BCUT2D eigenvalue weighted by Crippen LogP contribution is -1.99. The quantitative estimate of drug-likeness (QED) is 0.281. The van der Waals surface area contributed by atoms with Gasteiger partial charge in [-0.3, -0.25) is 4.79 Å². The molecule has 0 saturated heterocycles.